The number of hydrogen-bond donors (Lipinski definition) is 3. The van der Waals surface area contributed by atoms with Gasteiger partial charge in [0.25, 0.3) is 0 Å². The van der Waals surface area contributed by atoms with Crippen LogP contribution in [0.2, 0.25) is 0 Å². The molecule has 0 aromatic heterocycles. The number of nitrogens with one attached hydrogen (secondary N) is 1. The van der Waals surface area contributed by atoms with Crippen LogP contribution in [0.3, 0.4) is 0 Å². The summed E-state index contributed by atoms with van der Waals surface area (Å²) in [7, 11) is -2.92. The monoisotopic (exact) mass is 421 g/mol. The molecule has 156 valence electrons. The lowest BCUT2D eigenvalue weighted by molar-refractivity contribution is -0.143. The molecule has 2 unspecified atom stereocenters. The molecule has 0 spiro atoms. The normalized spacial score (nSPS) is 14.9. The quantitative estimate of drug-likeness (QED) is 0.420. The van der Waals surface area contributed by atoms with E-state index in [4.69, 9.17) is 4.74 Å². The second kappa shape index (κ2) is 10.8. The number of rotatable bonds is 9. The summed E-state index contributed by atoms with van der Waals surface area (Å²) >= 11 is 0. The van der Waals surface area contributed by atoms with Crippen molar-refractivity contribution in [3.05, 3.63) is 71.8 Å². The summed E-state index contributed by atoms with van der Waals surface area (Å²) in [6, 6.07) is 15.8. The Hall–Kier alpha value is -2.67. The number of benzene rings is 2. The van der Waals surface area contributed by atoms with E-state index in [1.165, 1.54) is 12.1 Å². The van der Waals surface area contributed by atoms with E-state index < -0.39 is 37.5 Å². The van der Waals surface area contributed by atoms with Crippen molar-refractivity contribution in [2.24, 2.45) is 0 Å². The lowest BCUT2D eigenvalue weighted by Crippen LogP contribution is -2.42. The van der Waals surface area contributed by atoms with Crippen molar-refractivity contribution >= 4 is 19.4 Å². The van der Waals surface area contributed by atoms with E-state index in [1.807, 2.05) is 6.07 Å². The average molecular weight is 421 g/mol. The fourth-order valence-electron chi connectivity index (χ4n) is 2.59. The molecule has 8 nitrogen and oxygen atoms in total. The predicted octanol–water partition coefficient (Wildman–Crippen LogP) is 2.81. The molecule has 2 aromatic rings. The first-order chi connectivity index (χ1) is 13.8. The Balaban J connectivity index is 1.94. The Labute approximate surface area is 168 Å². The smallest absolute Gasteiger partial charge is 0.408 e. The SMILES string of the molecule is COC(=O)[C@H](CCP(=O)(O)C(O)c1ccccc1)NC(=O)OCc1ccccc1. The number of hydrogen-bond acceptors (Lipinski definition) is 6. The maximum absolute atomic E-state index is 12.5. The van der Waals surface area contributed by atoms with E-state index in [0.717, 1.165) is 12.7 Å². The van der Waals surface area contributed by atoms with Crippen molar-refractivity contribution in [3.63, 3.8) is 0 Å². The Kier molecular flexibility index (Phi) is 8.39. The highest BCUT2D eigenvalue weighted by Crippen LogP contribution is 2.54. The summed E-state index contributed by atoms with van der Waals surface area (Å²) < 4.78 is 22.2. The zero-order valence-corrected chi connectivity index (χ0v) is 16.8. The fourth-order valence-corrected chi connectivity index (χ4v) is 4.10. The lowest BCUT2D eigenvalue weighted by Gasteiger charge is -2.21. The van der Waals surface area contributed by atoms with Crippen LogP contribution in [0, 0.1) is 0 Å². The minimum absolute atomic E-state index is 0.00573. The van der Waals surface area contributed by atoms with E-state index in [2.05, 4.69) is 10.1 Å². The van der Waals surface area contributed by atoms with Crippen molar-refractivity contribution in [1.29, 1.82) is 0 Å². The second-order valence-corrected chi connectivity index (χ2v) is 8.78. The topological polar surface area (TPSA) is 122 Å². The number of aliphatic hydroxyl groups excluding tert-OH is 1. The minimum atomic E-state index is -4.06. The molecule has 3 N–H and O–H groups in total. The van der Waals surface area contributed by atoms with Crippen LogP contribution in [-0.4, -0.2) is 41.4 Å². The maximum Gasteiger partial charge on any atom is 0.408 e. The molecular weight excluding hydrogens is 397 g/mol. The van der Waals surface area contributed by atoms with E-state index in [0.29, 0.717) is 5.56 Å². The van der Waals surface area contributed by atoms with Crippen molar-refractivity contribution in [1.82, 2.24) is 5.32 Å². The molecule has 0 bridgehead atoms. The Morgan fingerprint density at radius 1 is 1.07 bits per heavy atom. The summed E-state index contributed by atoms with van der Waals surface area (Å²) in [5.41, 5.74) is 1.06. The van der Waals surface area contributed by atoms with Crippen LogP contribution in [0.5, 0.6) is 0 Å². The van der Waals surface area contributed by atoms with Gasteiger partial charge in [-0.25, -0.2) is 9.59 Å². The number of aliphatic hydroxyl groups is 1. The Morgan fingerprint density at radius 3 is 2.24 bits per heavy atom. The molecule has 3 atom stereocenters. The molecule has 29 heavy (non-hydrogen) atoms. The Bertz CT molecular complexity index is 844. The zero-order valence-electron chi connectivity index (χ0n) is 15.9. The van der Waals surface area contributed by atoms with Gasteiger partial charge in [0, 0.05) is 6.16 Å². The molecule has 0 saturated carbocycles. The van der Waals surface area contributed by atoms with Crippen molar-refractivity contribution in [2.45, 2.75) is 24.9 Å². The molecule has 0 aliphatic rings. The number of carbonyl (C=O) groups is 2. The van der Waals surface area contributed by atoms with Crippen LogP contribution in [0.4, 0.5) is 4.79 Å². The Morgan fingerprint density at radius 2 is 1.66 bits per heavy atom. The highest BCUT2D eigenvalue weighted by molar-refractivity contribution is 7.58. The second-order valence-electron chi connectivity index (χ2n) is 6.33. The van der Waals surface area contributed by atoms with Crippen LogP contribution < -0.4 is 5.32 Å². The standard InChI is InChI=1S/C20H24NO7P/c1-27-18(22)17(21-20(24)28-14-15-8-4-2-5-9-15)12-13-29(25,26)19(23)16-10-6-3-7-11-16/h2-11,17,19,23H,12-14H2,1H3,(H,21,24)(H,25,26)/t17-,19?/m0/s1. The van der Waals surface area contributed by atoms with Gasteiger partial charge in [-0.1, -0.05) is 60.7 Å². The first-order valence-electron chi connectivity index (χ1n) is 8.93. The first-order valence-corrected chi connectivity index (χ1v) is 10.8. The maximum atomic E-state index is 12.5. The number of methoxy groups -OCH3 is 1. The van der Waals surface area contributed by atoms with Gasteiger partial charge in [-0.3, -0.25) is 4.57 Å². The van der Waals surface area contributed by atoms with Crippen LogP contribution in [-0.2, 0) is 25.4 Å². The van der Waals surface area contributed by atoms with Crippen molar-refractivity contribution in [2.75, 3.05) is 13.3 Å². The molecule has 0 aliphatic heterocycles. The molecule has 9 heteroatoms. The average Bonchev–Trinajstić information content (AvgIpc) is 2.75. The summed E-state index contributed by atoms with van der Waals surface area (Å²) in [6.45, 7) is 0.00573. The van der Waals surface area contributed by atoms with Gasteiger partial charge in [-0.2, -0.15) is 0 Å². The fraction of sp³-hybridized carbons (Fsp3) is 0.300. The van der Waals surface area contributed by atoms with Crippen LogP contribution >= 0.6 is 7.37 Å². The zero-order chi connectivity index (χ0) is 21.3. The van der Waals surface area contributed by atoms with Crippen molar-refractivity contribution in [3.8, 4) is 0 Å². The predicted molar refractivity (Wildman–Crippen MR) is 106 cm³/mol. The number of ether oxygens (including phenoxy) is 2. The third-order valence-electron chi connectivity index (χ3n) is 4.21. The number of carbonyl (C=O) groups excluding carboxylic acids is 2. The van der Waals surface area contributed by atoms with Crippen LogP contribution in [0.15, 0.2) is 60.7 Å². The molecule has 0 radical (unpaired) electrons. The molecule has 0 aliphatic carbocycles. The summed E-state index contributed by atoms with van der Waals surface area (Å²) in [4.78, 5) is 34.2. The molecule has 1 amide bonds. The number of alkyl carbamates (subject to hydrolysis) is 1. The van der Waals surface area contributed by atoms with Crippen LogP contribution in [0.25, 0.3) is 0 Å². The molecule has 0 fully saturated rings. The van der Waals surface area contributed by atoms with Gasteiger partial charge in [0.15, 0.2) is 5.85 Å². The van der Waals surface area contributed by atoms with E-state index in [9.17, 15) is 24.2 Å². The van der Waals surface area contributed by atoms with Gasteiger partial charge in [0.2, 0.25) is 7.37 Å². The highest BCUT2D eigenvalue weighted by atomic mass is 31.2. The molecular formula is C20H24NO7P. The molecule has 2 aromatic carbocycles. The third kappa shape index (κ3) is 7.02. The molecule has 2 rings (SSSR count). The summed E-state index contributed by atoms with van der Waals surface area (Å²) in [5, 5.41) is 12.5. The molecule has 0 heterocycles. The number of amides is 1. The van der Waals surface area contributed by atoms with Gasteiger partial charge in [0.1, 0.15) is 12.6 Å². The van der Waals surface area contributed by atoms with E-state index in [1.54, 1.807) is 42.5 Å². The summed E-state index contributed by atoms with van der Waals surface area (Å²) in [6.07, 6.45) is -1.47. The van der Waals surface area contributed by atoms with Gasteiger partial charge in [0.05, 0.1) is 7.11 Å². The minimum Gasteiger partial charge on any atom is -0.467 e. The van der Waals surface area contributed by atoms with Gasteiger partial charge in [-0.05, 0) is 17.5 Å². The number of esters is 1. The summed E-state index contributed by atoms with van der Waals surface area (Å²) in [5.74, 6) is -2.37. The van der Waals surface area contributed by atoms with Crippen molar-refractivity contribution < 1.29 is 33.6 Å². The van der Waals surface area contributed by atoms with E-state index >= 15 is 0 Å². The molecule has 0 saturated heterocycles. The third-order valence-corrected chi connectivity index (χ3v) is 6.17. The van der Waals surface area contributed by atoms with Gasteiger partial charge in [-0.15, -0.1) is 0 Å². The van der Waals surface area contributed by atoms with E-state index in [-0.39, 0.29) is 13.0 Å². The lowest BCUT2D eigenvalue weighted by atomic mass is 10.2. The highest BCUT2D eigenvalue weighted by Gasteiger charge is 2.33. The van der Waals surface area contributed by atoms with Crippen LogP contribution in [0.1, 0.15) is 23.4 Å². The van der Waals surface area contributed by atoms with Gasteiger partial charge >= 0.3 is 12.1 Å². The van der Waals surface area contributed by atoms with Gasteiger partial charge < -0.3 is 24.8 Å². The first kappa shape index (κ1) is 22.6. The largest absolute Gasteiger partial charge is 0.467 e.